The molecule has 2 unspecified atom stereocenters. The normalized spacial score (nSPS) is 16.0. The summed E-state index contributed by atoms with van der Waals surface area (Å²) in [5, 5.41) is 5.86. The van der Waals surface area contributed by atoms with Gasteiger partial charge in [-0.2, -0.15) is 0 Å². The highest BCUT2D eigenvalue weighted by molar-refractivity contribution is 5.88. The summed E-state index contributed by atoms with van der Waals surface area (Å²) >= 11 is 0. The smallest absolute Gasteiger partial charge is 0.243 e. The molecule has 0 radical (unpaired) electrons. The van der Waals surface area contributed by atoms with Crippen LogP contribution in [-0.4, -0.2) is 30.4 Å². The molecule has 0 spiro atoms. The van der Waals surface area contributed by atoms with Gasteiger partial charge in [-0.05, 0) is 30.2 Å². The molecular weight excluding hydrogens is 326 g/mol. The van der Waals surface area contributed by atoms with Crippen molar-refractivity contribution >= 4 is 24.2 Å². The van der Waals surface area contributed by atoms with Crippen molar-refractivity contribution in [1.29, 1.82) is 0 Å². The summed E-state index contributed by atoms with van der Waals surface area (Å²) in [6.07, 6.45) is 2.52. The molecule has 0 heterocycles. The number of nitrogens with one attached hydrogen (secondary N) is 2. The predicted molar refractivity (Wildman–Crippen MR) is 97.9 cm³/mol. The van der Waals surface area contributed by atoms with Crippen LogP contribution in [0.15, 0.2) is 30.3 Å². The van der Waals surface area contributed by atoms with Gasteiger partial charge in [0, 0.05) is 12.6 Å². The fraction of sp³-hybridized carbons (Fsp3) is 0.556. The minimum absolute atomic E-state index is 0. The minimum Gasteiger partial charge on any atom is -0.350 e. The molecule has 0 aromatic heterocycles. The van der Waals surface area contributed by atoms with E-state index in [0.717, 1.165) is 18.4 Å². The Labute approximate surface area is 150 Å². The Kier molecular flexibility index (Phi) is 8.22. The van der Waals surface area contributed by atoms with Gasteiger partial charge in [-0.15, -0.1) is 12.4 Å². The van der Waals surface area contributed by atoms with Crippen LogP contribution in [0.1, 0.15) is 32.3 Å². The summed E-state index contributed by atoms with van der Waals surface area (Å²) in [5.41, 5.74) is 6.68. The van der Waals surface area contributed by atoms with E-state index in [1.807, 2.05) is 44.2 Å². The molecule has 0 bridgehead atoms. The lowest BCUT2D eigenvalue weighted by atomic mass is 10.0. The van der Waals surface area contributed by atoms with E-state index in [2.05, 4.69) is 10.6 Å². The first kappa shape index (κ1) is 20.5. The van der Waals surface area contributed by atoms with E-state index < -0.39 is 6.04 Å². The average molecular weight is 354 g/mol. The van der Waals surface area contributed by atoms with Gasteiger partial charge in [-0.1, -0.05) is 44.2 Å². The number of nitrogens with two attached hydrogens (primary N) is 1. The molecule has 4 N–H and O–H groups in total. The van der Waals surface area contributed by atoms with Crippen molar-refractivity contribution in [2.45, 2.75) is 45.2 Å². The van der Waals surface area contributed by atoms with Crippen molar-refractivity contribution in [3.8, 4) is 0 Å². The lowest BCUT2D eigenvalue weighted by Gasteiger charge is -2.25. The van der Waals surface area contributed by atoms with Crippen LogP contribution in [0.25, 0.3) is 0 Å². The highest BCUT2D eigenvalue weighted by atomic mass is 35.5. The topological polar surface area (TPSA) is 84.2 Å². The molecule has 6 heteroatoms. The third-order valence-corrected chi connectivity index (χ3v) is 4.25. The maximum atomic E-state index is 12.5. The van der Waals surface area contributed by atoms with Gasteiger partial charge < -0.3 is 16.4 Å². The number of rotatable bonds is 8. The van der Waals surface area contributed by atoms with Crippen LogP contribution in [0, 0.1) is 11.8 Å². The molecule has 1 aliphatic carbocycles. The molecule has 1 aliphatic rings. The number of hydrogen-bond donors (Lipinski definition) is 3. The number of benzene rings is 1. The van der Waals surface area contributed by atoms with E-state index in [9.17, 15) is 9.59 Å². The quantitative estimate of drug-likeness (QED) is 0.664. The zero-order valence-electron chi connectivity index (χ0n) is 14.3. The second-order valence-electron chi connectivity index (χ2n) is 6.64. The fourth-order valence-electron chi connectivity index (χ4n) is 2.68. The van der Waals surface area contributed by atoms with Crippen molar-refractivity contribution in [3.63, 3.8) is 0 Å². The summed E-state index contributed by atoms with van der Waals surface area (Å²) in [7, 11) is 0. The molecule has 0 aliphatic heterocycles. The minimum atomic E-state index is -0.529. The standard InChI is InChI=1S/C18H27N3O2.ClH/c1-12(2)17(18(23)20-15(11-19)14-8-9-14)21-16(22)10-13-6-4-3-5-7-13;/h3-7,12,14-15,17H,8-11,19H2,1-2H3,(H,20,23)(H,21,22);1H. The largest absolute Gasteiger partial charge is 0.350 e. The first-order valence-electron chi connectivity index (χ1n) is 8.35. The Balaban J connectivity index is 0.00000288. The molecular formula is C18H28ClN3O2. The Bertz CT molecular complexity index is 532. The van der Waals surface area contributed by atoms with Gasteiger partial charge in [0.15, 0.2) is 0 Å². The van der Waals surface area contributed by atoms with E-state index in [0.29, 0.717) is 12.5 Å². The summed E-state index contributed by atoms with van der Waals surface area (Å²) in [6.45, 7) is 4.31. The van der Waals surface area contributed by atoms with Gasteiger partial charge in [0.05, 0.1) is 6.42 Å². The Morgan fingerprint density at radius 2 is 1.79 bits per heavy atom. The summed E-state index contributed by atoms with van der Waals surface area (Å²) < 4.78 is 0. The zero-order chi connectivity index (χ0) is 16.8. The number of halogens is 1. The molecule has 1 aromatic carbocycles. The Morgan fingerprint density at radius 1 is 1.17 bits per heavy atom. The molecule has 2 atom stereocenters. The predicted octanol–water partition coefficient (Wildman–Crippen LogP) is 1.65. The highest BCUT2D eigenvalue weighted by Gasteiger charge is 2.33. The van der Waals surface area contributed by atoms with Crippen LogP contribution in [0.4, 0.5) is 0 Å². The molecule has 2 amide bonds. The highest BCUT2D eigenvalue weighted by Crippen LogP contribution is 2.32. The Morgan fingerprint density at radius 3 is 2.29 bits per heavy atom. The average Bonchev–Trinajstić information content (AvgIpc) is 3.35. The third-order valence-electron chi connectivity index (χ3n) is 4.25. The maximum Gasteiger partial charge on any atom is 0.243 e. The lowest BCUT2D eigenvalue weighted by Crippen LogP contribution is -2.54. The van der Waals surface area contributed by atoms with Gasteiger partial charge in [0.2, 0.25) is 11.8 Å². The second-order valence-corrected chi connectivity index (χ2v) is 6.64. The summed E-state index contributed by atoms with van der Waals surface area (Å²) in [4.78, 5) is 24.7. The maximum absolute atomic E-state index is 12.5. The van der Waals surface area contributed by atoms with Crippen LogP contribution < -0.4 is 16.4 Å². The Hall–Kier alpha value is -1.59. The number of hydrogen-bond acceptors (Lipinski definition) is 3. The van der Waals surface area contributed by atoms with Crippen LogP contribution in [0.2, 0.25) is 0 Å². The number of carbonyl (C=O) groups excluding carboxylic acids is 2. The van der Waals surface area contributed by atoms with Crippen molar-refractivity contribution in [3.05, 3.63) is 35.9 Å². The molecule has 2 rings (SSSR count). The van der Waals surface area contributed by atoms with Gasteiger partial charge in [0.25, 0.3) is 0 Å². The molecule has 1 saturated carbocycles. The monoisotopic (exact) mass is 353 g/mol. The number of carbonyl (C=O) groups is 2. The van der Waals surface area contributed by atoms with E-state index in [4.69, 9.17) is 5.73 Å². The SMILES string of the molecule is CC(C)C(NC(=O)Cc1ccccc1)C(=O)NC(CN)C1CC1.Cl. The molecule has 1 fully saturated rings. The van der Waals surface area contributed by atoms with Crippen LogP contribution >= 0.6 is 12.4 Å². The van der Waals surface area contributed by atoms with Crippen LogP contribution in [-0.2, 0) is 16.0 Å². The fourth-order valence-corrected chi connectivity index (χ4v) is 2.68. The third kappa shape index (κ3) is 6.13. The van der Waals surface area contributed by atoms with E-state index >= 15 is 0 Å². The molecule has 1 aromatic rings. The van der Waals surface area contributed by atoms with Gasteiger partial charge in [-0.25, -0.2) is 0 Å². The molecule has 0 saturated heterocycles. The van der Waals surface area contributed by atoms with Crippen LogP contribution in [0.3, 0.4) is 0 Å². The number of amides is 2. The van der Waals surface area contributed by atoms with Crippen molar-refractivity contribution in [2.24, 2.45) is 17.6 Å². The van der Waals surface area contributed by atoms with Gasteiger partial charge in [0.1, 0.15) is 6.04 Å². The molecule has 5 nitrogen and oxygen atoms in total. The molecule has 134 valence electrons. The second kappa shape index (κ2) is 9.64. The summed E-state index contributed by atoms with van der Waals surface area (Å²) in [5.74, 6) is 0.244. The van der Waals surface area contributed by atoms with Gasteiger partial charge in [-0.3, -0.25) is 9.59 Å². The van der Waals surface area contributed by atoms with Crippen molar-refractivity contribution in [1.82, 2.24) is 10.6 Å². The lowest BCUT2D eigenvalue weighted by molar-refractivity contribution is -0.130. The molecule has 24 heavy (non-hydrogen) atoms. The van der Waals surface area contributed by atoms with Crippen LogP contribution in [0.5, 0.6) is 0 Å². The summed E-state index contributed by atoms with van der Waals surface area (Å²) in [6, 6.07) is 9.02. The van der Waals surface area contributed by atoms with Gasteiger partial charge >= 0.3 is 0 Å². The van der Waals surface area contributed by atoms with E-state index in [1.165, 1.54) is 0 Å². The van der Waals surface area contributed by atoms with Crippen molar-refractivity contribution < 1.29 is 9.59 Å². The van der Waals surface area contributed by atoms with E-state index in [1.54, 1.807) is 0 Å². The first-order chi connectivity index (χ1) is 11.0. The van der Waals surface area contributed by atoms with Crippen molar-refractivity contribution in [2.75, 3.05) is 6.54 Å². The zero-order valence-corrected chi connectivity index (χ0v) is 15.1. The van der Waals surface area contributed by atoms with E-state index in [-0.39, 0.29) is 42.6 Å². The first-order valence-corrected chi connectivity index (χ1v) is 8.35.